The van der Waals surface area contributed by atoms with Crippen molar-refractivity contribution in [2.24, 2.45) is 0 Å². The van der Waals surface area contributed by atoms with Gasteiger partial charge in [0.2, 0.25) is 0 Å². The van der Waals surface area contributed by atoms with E-state index < -0.39 is 29.7 Å². The third-order valence-corrected chi connectivity index (χ3v) is 3.41. The molecule has 6 nitrogen and oxygen atoms in total. The number of ether oxygens (including phenoxy) is 3. The lowest BCUT2D eigenvalue weighted by Crippen LogP contribution is -2.55. The fourth-order valence-corrected chi connectivity index (χ4v) is 2.72. The Morgan fingerprint density at radius 3 is 2.45 bits per heavy atom. The van der Waals surface area contributed by atoms with Gasteiger partial charge in [-0.15, -0.1) is 0 Å². The molecule has 0 spiro atoms. The average molecular weight is 287 g/mol. The SMILES string of the molecule is CC(C)(C)OC(=O)N[C@@H]1CC[C@H](O)[C@H]2OC(C)(C)O[C@H]21. The molecular formula is C14H25NO5. The molecule has 1 saturated carbocycles. The zero-order valence-electron chi connectivity index (χ0n) is 12.8. The lowest BCUT2D eigenvalue weighted by Gasteiger charge is -2.35. The smallest absolute Gasteiger partial charge is 0.407 e. The van der Waals surface area contributed by atoms with Gasteiger partial charge in [-0.05, 0) is 47.5 Å². The molecule has 1 amide bonds. The minimum Gasteiger partial charge on any atom is -0.444 e. The molecule has 2 fully saturated rings. The van der Waals surface area contributed by atoms with Gasteiger partial charge in [0.15, 0.2) is 5.79 Å². The van der Waals surface area contributed by atoms with E-state index in [-0.39, 0.29) is 12.1 Å². The van der Waals surface area contributed by atoms with E-state index in [4.69, 9.17) is 14.2 Å². The van der Waals surface area contributed by atoms with Crippen LogP contribution in [0.25, 0.3) is 0 Å². The number of fused-ring (bicyclic) bond motifs is 1. The van der Waals surface area contributed by atoms with Gasteiger partial charge in [0.25, 0.3) is 0 Å². The van der Waals surface area contributed by atoms with E-state index >= 15 is 0 Å². The highest BCUT2D eigenvalue weighted by Crippen LogP contribution is 2.37. The summed E-state index contributed by atoms with van der Waals surface area (Å²) in [6.45, 7) is 9.07. The molecule has 6 heteroatoms. The van der Waals surface area contributed by atoms with E-state index in [1.807, 2.05) is 34.6 Å². The summed E-state index contributed by atoms with van der Waals surface area (Å²) in [5.41, 5.74) is -0.538. The van der Waals surface area contributed by atoms with Crippen LogP contribution in [0.4, 0.5) is 4.79 Å². The molecule has 116 valence electrons. The predicted molar refractivity (Wildman–Crippen MR) is 72.2 cm³/mol. The van der Waals surface area contributed by atoms with Crippen LogP contribution in [0.3, 0.4) is 0 Å². The first-order valence-corrected chi connectivity index (χ1v) is 7.11. The van der Waals surface area contributed by atoms with Crippen LogP contribution in [-0.2, 0) is 14.2 Å². The summed E-state index contributed by atoms with van der Waals surface area (Å²) < 4.78 is 16.8. The maximum Gasteiger partial charge on any atom is 0.407 e. The number of amides is 1. The normalized spacial score (nSPS) is 36.3. The van der Waals surface area contributed by atoms with Gasteiger partial charge < -0.3 is 24.6 Å². The Bertz CT molecular complexity index is 376. The molecule has 2 aliphatic rings. The highest BCUT2D eigenvalue weighted by atomic mass is 16.8. The molecule has 4 atom stereocenters. The summed E-state index contributed by atoms with van der Waals surface area (Å²) in [6.07, 6.45) is -0.563. The highest BCUT2D eigenvalue weighted by molar-refractivity contribution is 5.68. The second-order valence-electron chi connectivity index (χ2n) is 6.96. The van der Waals surface area contributed by atoms with Gasteiger partial charge in [0, 0.05) is 0 Å². The van der Waals surface area contributed by atoms with E-state index in [0.29, 0.717) is 12.8 Å². The number of carbonyl (C=O) groups is 1. The quantitative estimate of drug-likeness (QED) is 0.765. The van der Waals surface area contributed by atoms with Crippen molar-refractivity contribution >= 4 is 6.09 Å². The van der Waals surface area contributed by atoms with Gasteiger partial charge in [0.05, 0.1) is 12.1 Å². The molecule has 0 aromatic rings. The molecule has 1 aliphatic heterocycles. The molecule has 1 aliphatic carbocycles. The third kappa shape index (κ3) is 3.62. The number of alkyl carbamates (subject to hydrolysis) is 1. The Hall–Kier alpha value is -0.850. The van der Waals surface area contributed by atoms with E-state index in [9.17, 15) is 9.90 Å². The molecule has 2 rings (SSSR count). The van der Waals surface area contributed by atoms with Crippen molar-refractivity contribution in [1.82, 2.24) is 5.32 Å². The summed E-state index contributed by atoms with van der Waals surface area (Å²) in [5.74, 6) is -0.742. The molecule has 0 radical (unpaired) electrons. The van der Waals surface area contributed by atoms with Gasteiger partial charge in [-0.25, -0.2) is 4.79 Å². The van der Waals surface area contributed by atoms with Crippen molar-refractivity contribution in [2.75, 3.05) is 0 Å². The number of hydrogen-bond acceptors (Lipinski definition) is 5. The monoisotopic (exact) mass is 287 g/mol. The first-order chi connectivity index (χ1) is 9.07. The first kappa shape index (κ1) is 15.5. The van der Waals surface area contributed by atoms with Crippen molar-refractivity contribution in [3.8, 4) is 0 Å². The zero-order chi connectivity index (χ0) is 15.1. The van der Waals surface area contributed by atoms with Gasteiger partial charge in [0.1, 0.15) is 17.8 Å². The summed E-state index contributed by atoms with van der Waals surface area (Å²) in [6, 6.07) is -0.208. The molecular weight excluding hydrogens is 262 g/mol. The summed E-state index contributed by atoms with van der Waals surface area (Å²) in [4.78, 5) is 11.9. The van der Waals surface area contributed by atoms with Crippen molar-refractivity contribution in [2.45, 2.75) is 83.2 Å². The maximum atomic E-state index is 11.9. The Labute approximate surface area is 119 Å². The minimum absolute atomic E-state index is 0.208. The fourth-order valence-electron chi connectivity index (χ4n) is 2.72. The van der Waals surface area contributed by atoms with Crippen LogP contribution in [0, 0.1) is 0 Å². The van der Waals surface area contributed by atoms with E-state index in [0.717, 1.165) is 0 Å². The average Bonchev–Trinajstić information content (AvgIpc) is 2.56. The number of hydrogen-bond donors (Lipinski definition) is 2. The minimum atomic E-state index is -0.742. The molecule has 0 aromatic heterocycles. The largest absolute Gasteiger partial charge is 0.444 e. The maximum absolute atomic E-state index is 11.9. The van der Waals surface area contributed by atoms with Gasteiger partial charge in [-0.2, -0.15) is 0 Å². The van der Waals surface area contributed by atoms with E-state index in [1.54, 1.807) is 0 Å². The predicted octanol–water partition coefficient (Wildman–Crippen LogP) is 1.55. The van der Waals surface area contributed by atoms with Crippen LogP contribution in [-0.4, -0.2) is 46.9 Å². The lowest BCUT2D eigenvalue weighted by molar-refractivity contribution is -0.154. The van der Waals surface area contributed by atoms with Gasteiger partial charge in [-0.3, -0.25) is 0 Å². The molecule has 0 unspecified atom stereocenters. The second-order valence-corrected chi connectivity index (χ2v) is 6.96. The van der Waals surface area contributed by atoms with Crippen LogP contribution in [0.1, 0.15) is 47.5 Å². The number of carbonyl (C=O) groups excluding carboxylic acids is 1. The van der Waals surface area contributed by atoms with Crippen molar-refractivity contribution in [1.29, 1.82) is 0 Å². The van der Waals surface area contributed by atoms with Crippen molar-refractivity contribution in [3.63, 3.8) is 0 Å². The molecule has 0 aromatic carbocycles. The van der Waals surface area contributed by atoms with Crippen LogP contribution in [0.2, 0.25) is 0 Å². The second kappa shape index (κ2) is 5.16. The lowest BCUT2D eigenvalue weighted by atomic mass is 9.88. The van der Waals surface area contributed by atoms with E-state index in [1.165, 1.54) is 0 Å². The Balaban J connectivity index is 2.00. The summed E-state index contributed by atoms with van der Waals surface area (Å²) in [7, 11) is 0. The van der Waals surface area contributed by atoms with Gasteiger partial charge in [-0.1, -0.05) is 0 Å². The van der Waals surface area contributed by atoms with Crippen LogP contribution >= 0.6 is 0 Å². The number of nitrogens with one attached hydrogen (secondary N) is 1. The zero-order valence-corrected chi connectivity index (χ0v) is 12.8. The van der Waals surface area contributed by atoms with Crippen LogP contribution in [0.5, 0.6) is 0 Å². The van der Waals surface area contributed by atoms with Crippen LogP contribution in [0.15, 0.2) is 0 Å². The van der Waals surface area contributed by atoms with Crippen molar-refractivity contribution < 1.29 is 24.1 Å². The molecule has 1 heterocycles. The Morgan fingerprint density at radius 1 is 1.25 bits per heavy atom. The Kier molecular flexibility index (Phi) is 4.01. The molecule has 20 heavy (non-hydrogen) atoms. The molecule has 1 saturated heterocycles. The highest BCUT2D eigenvalue weighted by Gasteiger charge is 2.51. The van der Waals surface area contributed by atoms with Gasteiger partial charge >= 0.3 is 6.09 Å². The number of rotatable bonds is 1. The topological polar surface area (TPSA) is 77.0 Å². The number of aliphatic hydroxyl groups is 1. The van der Waals surface area contributed by atoms with Crippen molar-refractivity contribution in [3.05, 3.63) is 0 Å². The molecule has 0 bridgehead atoms. The summed E-state index contributed by atoms with van der Waals surface area (Å²) >= 11 is 0. The van der Waals surface area contributed by atoms with Crippen LogP contribution < -0.4 is 5.32 Å². The molecule has 2 N–H and O–H groups in total. The fraction of sp³-hybridized carbons (Fsp3) is 0.929. The third-order valence-electron chi connectivity index (χ3n) is 3.41. The number of aliphatic hydroxyl groups excluding tert-OH is 1. The Morgan fingerprint density at radius 2 is 1.85 bits per heavy atom. The summed E-state index contributed by atoms with van der Waals surface area (Å²) in [5, 5.41) is 12.8. The standard InChI is InChI=1S/C14H25NO5/c1-13(2,3)20-12(17)15-8-6-7-9(16)11-10(8)18-14(4,5)19-11/h8-11,16H,6-7H2,1-5H3,(H,15,17)/t8-,9+,10+,11-/m1/s1. The first-order valence-electron chi connectivity index (χ1n) is 7.11. The van der Waals surface area contributed by atoms with E-state index in [2.05, 4.69) is 5.32 Å².